The van der Waals surface area contributed by atoms with Gasteiger partial charge in [0.2, 0.25) is 0 Å². The minimum absolute atomic E-state index is 0.720. The zero-order valence-electron chi connectivity index (χ0n) is 11.5. The molecular formula is C15H22BrN3. The summed E-state index contributed by atoms with van der Waals surface area (Å²) in [5.41, 5.74) is 1.27. The van der Waals surface area contributed by atoms with E-state index in [1.807, 2.05) is 12.3 Å². The van der Waals surface area contributed by atoms with Crippen molar-refractivity contribution >= 4 is 21.7 Å². The number of anilines is 1. The lowest BCUT2D eigenvalue weighted by Crippen LogP contribution is -2.24. The van der Waals surface area contributed by atoms with Crippen LogP contribution in [-0.4, -0.2) is 24.6 Å². The highest BCUT2D eigenvalue weighted by atomic mass is 79.9. The normalized spacial score (nSPS) is 14.4. The summed E-state index contributed by atoms with van der Waals surface area (Å²) < 4.78 is 1.04. The van der Waals surface area contributed by atoms with Crippen molar-refractivity contribution in [2.75, 3.05) is 18.5 Å². The van der Waals surface area contributed by atoms with Crippen LogP contribution in [0.25, 0.3) is 0 Å². The molecule has 0 atom stereocenters. The largest absolute Gasteiger partial charge is 0.359 e. The van der Waals surface area contributed by atoms with E-state index < -0.39 is 0 Å². The first-order valence-electron chi connectivity index (χ1n) is 6.90. The SMILES string of the molecule is C=CCCCN(C)c1ncc(Br)cc1CNC1CC1. The van der Waals surface area contributed by atoms with Gasteiger partial charge in [0.15, 0.2) is 0 Å². The van der Waals surface area contributed by atoms with Crippen LogP contribution in [0, 0.1) is 0 Å². The first-order chi connectivity index (χ1) is 9.20. The Bertz CT molecular complexity index is 429. The number of unbranched alkanes of at least 4 members (excludes halogenated alkanes) is 1. The van der Waals surface area contributed by atoms with Gasteiger partial charge in [-0.25, -0.2) is 4.98 Å². The minimum Gasteiger partial charge on any atom is -0.359 e. The van der Waals surface area contributed by atoms with Gasteiger partial charge in [-0.15, -0.1) is 6.58 Å². The van der Waals surface area contributed by atoms with E-state index in [1.165, 1.54) is 18.4 Å². The first kappa shape index (κ1) is 14.5. The van der Waals surface area contributed by atoms with Gasteiger partial charge in [0.1, 0.15) is 5.82 Å². The lowest BCUT2D eigenvalue weighted by Gasteiger charge is -2.21. The highest BCUT2D eigenvalue weighted by molar-refractivity contribution is 9.10. The second-order valence-electron chi connectivity index (χ2n) is 5.14. The number of hydrogen-bond acceptors (Lipinski definition) is 3. The average molecular weight is 324 g/mol. The van der Waals surface area contributed by atoms with Gasteiger partial charge in [0.25, 0.3) is 0 Å². The maximum Gasteiger partial charge on any atom is 0.132 e. The Morgan fingerprint density at radius 2 is 2.37 bits per heavy atom. The van der Waals surface area contributed by atoms with Crippen molar-refractivity contribution in [2.24, 2.45) is 0 Å². The lowest BCUT2D eigenvalue weighted by molar-refractivity contribution is 0.680. The summed E-state index contributed by atoms with van der Waals surface area (Å²) in [4.78, 5) is 6.80. The molecule has 0 aliphatic heterocycles. The van der Waals surface area contributed by atoms with Crippen LogP contribution in [0.1, 0.15) is 31.2 Å². The molecule has 19 heavy (non-hydrogen) atoms. The fraction of sp³-hybridized carbons (Fsp3) is 0.533. The van der Waals surface area contributed by atoms with Crippen LogP contribution in [0.4, 0.5) is 5.82 Å². The topological polar surface area (TPSA) is 28.2 Å². The molecule has 1 aliphatic rings. The van der Waals surface area contributed by atoms with E-state index in [-0.39, 0.29) is 0 Å². The number of nitrogens with zero attached hydrogens (tertiary/aromatic N) is 2. The molecule has 1 fully saturated rings. The van der Waals surface area contributed by atoms with Crippen molar-refractivity contribution in [1.29, 1.82) is 0 Å². The number of nitrogens with one attached hydrogen (secondary N) is 1. The third-order valence-electron chi connectivity index (χ3n) is 3.33. The van der Waals surface area contributed by atoms with Crippen molar-refractivity contribution < 1.29 is 0 Å². The Hall–Kier alpha value is -0.870. The molecule has 0 bridgehead atoms. The number of halogens is 1. The number of allylic oxidation sites excluding steroid dienone is 1. The molecule has 0 aromatic carbocycles. The first-order valence-corrected chi connectivity index (χ1v) is 7.70. The van der Waals surface area contributed by atoms with Crippen molar-refractivity contribution in [1.82, 2.24) is 10.3 Å². The second kappa shape index (κ2) is 7.06. The van der Waals surface area contributed by atoms with Crippen LogP contribution in [0.2, 0.25) is 0 Å². The molecule has 3 nitrogen and oxygen atoms in total. The summed E-state index contributed by atoms with van der Waals surface area (Å²) in [5, 5.41) is 3.56. The number of aromatic nitrogens is 1. The Morgan fingerprint density at radius 1 is 1.58 bits per heavy atom. The number of rotatable bonds is 8. The maximum absolute atomic E-state index is 4.57. The van der Waals surface area contributed by atoms with Crippen LogP contribution in [0.3, 0.4) is 0 Å². The monoisotopic (exact) mass is 323 g/mol. The molecule has 104 valence electrons. The molecule has 0 amide bonds. The standard InChI is InChI=1S/C15H22BrN3/c1-3-4-5-8-19(2)15-12(9-13(16)11-18-15)10-17-14-6-7-14/h3,9,11,14,17H,1,4-8,10H2,2H3. The zero-order valence-corrected chi connectivity index (χ0v) is 13.1. The fourth-order valence-corrected chi connectivity index (χ4v) is 2.45. The molecule has 1 aromatic heterocycles. The van der Waals surface area contributed by atoms with E-state index in [0.717, 1.165) is 42.3 Å². The molecular weight excluding hydrogens is 302 g/mol. The van der Waals surface area contributed by atoms with Gasteiger partial charge in [-0.1, -0.05) is 6.08 Å². The van der Waals surface area contributed by atoms with Gasteiger partial charge >= 0.3 is 0 Å². The molecule has 0 radical (unpaired) electrons. The molecule has 1 heterocycles. The van der Waals surface area contributed by atoms with E-state index >= 15 is 0 Å². The highest BCUT2D eigenvalue weighted by Gasteiger charge is 2.21. The summed E-state index contributed by atoms with van der Waals surface area (Å²) in [6.45, 7) is 5.68. The molecule has 0 saturated heterocycles. The molecule has 4 heteroatoms. The van der Waals surface area contributed by atoms with Crippen LogP contribution >= 0.6 is 15.9 Å². The van der Waals surface area contributed by atoms with Gasteiger partial charge in [-0.2, -0.15) is 0 Å². The van der Waals surface area contributed by atoms with Gasteiger partial charge < -0.3 is 10.2 Å². The Balaban J connectivity index is 2.01. The summed E-state index contributed by atoms with van der Waals surface area (Å²) >= 11 is 3.51. The third kappa shape index (κ3) is 4.62. The van der Waals surface area contributed by atoms with Crippen molar-refractivity contribution in [3.05, 3.63) is 35.0 Å². The smallest absolute Gasteiger partial charge is 0.132 e. The van der Waals surface area contributed by atoms with Crippen LogP contribution in [-0.2, 0) is 6.54 Å². The summed E-state index contributed by atoms with van der Waals surface area (Å²) in [5.74, 6) is 1.08. The molecule has 0 unspecified atom stereocenters. The van der Waals surface area contributed by atoms with Crippen molar-refractivity contribution in [2.45, 2.75) is 38.3 Å². The maximum atomic E-state index is 4.57. The van der Waals surface area contributed by atoms with E-state index in [4.69, 9.17) is 0 Å². The molecule has 2 rings (SSSR count). The van der Waals surface area contributed by atoms with E-state index in [9.17, 15) is 0 Å². The third-order valence-corrected chi connectivity index (χ3v) is 3.77. The van der Waals surface area contributed by atoms with Crippen LogP contribution in [0.5, 0.6) is 0 Å². The molecule has 1 saturated carbocycles. The lowest BCUT2D eigenvalue weighted by atomic mass is 10.2. The van der Waals surface area contributed by atoms with Gasteiger partial charge in [-0.05, 0) is 47.7 Å². The Morgan fingerprint density at radius 3 is 3.05 bits per heavy atom. The predicted molar refractivity (Wildman–Crippen MR) is 84.5 cm³/mol. The number of hydrogen-bond donors (Lipinski definition) is 1. The van der Waals surface area contributed by atoms with Crippen molar-refractivity contribution in [3.8, 4) is 0 Å². The molecule has 1 aliphatic carbocycles. The zero-order chi connectivity index (χ0) is 13.7. The molecule has 1 aromatic rings. The predicted octanol–water partition coefficient (Wildman–Crippen LogP) is 3.50. The summed E-state index contributed by atoms with van der Waals surface area (Å²) in [7, 11) is 2.11. The summed E-state index contributed by atoms with van der Waals surface area (Å²) in [6.07, 6.45) is 8.64. The molecule has 0 spiro atoms. The minimum atomic E-state index is 0.720. The van der Waals surface area contributed by atoms with Crippen LogP contribution < -0.4 is 10.2 Å². The van der Waals surface area contributed by atoms with Gasteiger partial charge in [0, 0.05) is 42.4 Å². The van der Waals surface area contributed by atoms with E-state index in [1.54, 1.807) is 0 Å². The van der Waals surface area contributed by atoms with Gasteiger partial charge in [-0.3, -0.25) is 0 Å². The fourth-order valence-electron chi connectivity index (χ4n) is 2.07. The molecule has 1 N–H and O–H groups in total. The second-order valence-corrected chi connectivity index (χ2v) is 6.06. The average Bonchev–Trinajstić information content (AvgIpc) is 3.20. The Labute approximate surface area is 124 Å². The Kier molecular flexibility index (Phi) is 5.40. The van der Waals surface area contributed by atoms with E-state index in [2.05, 4.69) is 50.8 Å². The van der Waals surface area contributed by atoms with Crippen LogP contribution in [0.15, 0.2) is 29.4 Å². The van der Waals surface area contributed by atoms with Crippen molar-refractivity contribution in [3.63, 3.8) is 0 Å². The van der Waals surface area contributed by atoms with Gasteiger partial charge in [0.05, 0.1) is 0 Å². The highest BCUT2D eigenvalue weighted by Crippen LogP contribution is 2.24. The summed E-state index contributed by atoms with van der Waals surface area (Å²) in [6, 6.07) is 2.89. The quantitative estimate of drug-likeness (QED) is 0.586. The number of pyridine rings is 1. The van der Waals surface area contributed by atoms with E-state index in [0.29, 0.717) is 0 Å².